The van der Waals surface area contributed by atoms with Crippen molar-refractivity contribution in [3.63, 3.8) is 0 Å². The van der Waals surface area contributed by atoms with E-state index in [-0.39, 0.29) is 0 Å². The largest absolute Gasteiger partial charge is 0.0683 e. The summed E-state index contributed by atoms with van der Waals surface area (Å²) in [4.78, 5) is 0. The molecule has 2 heteroatoms. The minimum Gasteiger partial charge on any atom is -0.0683 e. The first-order valence-corrected chi connectivity index (χ1v) is 8.12. The zero-order valence-electron chi connectivity index (χ0n) is 7.11. The Balaban J connectivity index is 2.95. The van der Waals surface area contributed by atoms with Gasteiger partial charge in [0.2, 0.25) is 0 Å². The van der Waals surface area contributed by atoms with Gasteiger partial charge >= 0.3 is 0 Å². The van der Waals surface area contributed by atoms with Gasteiger partial charge in [-0.15, -0.1) is 0 Å². The molecule has 0 aromatic rings. The lowest BCUT2D eigenvalue weighted by atomic mass is 10.6. The summed E-state index contributed by atoms with van der Waals surface area (Å²) in [6, 6.07) is 4.66. The van der Waals surface area contributed by atoms with E-state index in [0.717, 1.165) is 0 Å². The van der Waals surface area contributed by atoms with Crippen molar-refractivity contribution in [2.45, 2.75) is 44.4 Å². The summed E-state index contributed by atoms with van der Waals surface area (Å²) in [5.41, 5.74) is 1.17. The minimum absolute atomic E-state index is 0.360. The highest BCUT2D eigenvalue weighted by Gasteiger charge is 1.98. The SMILES string of the molecule is CC[SiH2]CC(C)[SiH2]CC. The second kappa shape index (κ2) is 6.55. The van der Waals surface area contributed by atoms with Crippen molar-refractivity contribution in [1.29, 1.82) is 0 Å². The van der Waals surface area contributed by atoms with Crippen LogP contribution in [0.4, 0.5) is 0 Å². The fourth-order valence-electron chi connectivity index (χ4n) is 1.19. The van der Waals surface area contributed by atoms with E-state index in [0.29, 0.717) is 19.0 Å². The van der Waals surface area contributed by atoms with Crippen LogP contribution in [-0.4, -0.2) is 19.0 Å². The Morgan fingerprint density at radius 1 is 1.22 bits per heavy atom. The Labute approximate surface area is 64.1 Å². The van der Waals surface area contributed by atoms with Crippen molar-refractivity contribution in [2.24, 2.45) is 0 Å². The van der Waals surface area contributed by atoms with Gasteiger partial charge in [0.1, 0.15) is 0 Å². The van der Waals surface area contributed by atoms with Gasteiger partial charge in [0, 0.05) is 19.0 Å². The molecule has 0 N–H and O–H groups in total. The van der Waals surface area contributed by atoms with Crippen LogP contribution in [0, 0.1) is 0 Å². The molecule has 0 saturated carbocycles. The Kier molecular flexibility index (Phi) is 6.87. The smallest absolute Gasteiger partial charge is 0.0221 e. The van der Waals surface area contributed by atoms with E-state index in [2.05, 4.69) is 20.8 Å². The summed E-state index contributed by atoms with van der Waals surface area (Å²) in [5, 5.41) is 0. The van der Waals surface area contributed by atoms with Crippen LogP contribution >= 0.6 is 0 Å². The molecular weight excluding hydrogens is 140 g/mol. The van der Waals surface area contributed by atoms with Crippen molar-refractivity contribution in [2.75, 3.05) is 0 Å². The Morgan fingerprint density at radius 3 is 2.33 bits per heavy atom. The van der Waals surface area contributed by atoms with Crippen LogP contribution in [0.5, 0.6) is 0 Å². The zero-order chi connectivity index (χ0) is 7.11. The molecule has 1 atom stereocenters. The molecule has 0 fully saturated rings. The minimum atomic E-state index is 0.360. The summed E-state index contributed by atoms with van der Waals surface area (Å²) in [5.74, 6) is 0. The van der Waals surface area contributed by atoms with Crippen molar-refractivity contribution in [1.82, 2.24) is 0 Å². The van der Waals surface area contributed by atoms with Crippen molar-refractivity contribution < 1.29 is 0 Å². The third-order valence-corrected chi connectivity index (χ3v) is 6.72. The molecule has 0 spiro atoms. The van der Waals surface area contributed by atoms with E-state index in [1.807, 2.05) is 0 Å². The molecule has 0 rings (SSSR count). The normalized spacial score (nSPS) is 16.3. The number of rotatable bonds is 5. The van der Waals surface area contributed by atoms with E-state index in [1.54, 1.807) is 6.04 Å². The first kappa shape index (κ1) is 9.43. The molecule has 0 aliphatic rings. The Bertz CT molecular complexity index is 54.9. The van der Waals surface area contributed by atoms with Crippen LogP contribution in [-0.2, 0) is 0 Å². The van der Waals surface area contributed by atoms with Gasteiger partial charge in [-0.25, -0.2) is 0 Å². The zero-order valence-corrected chi connectivity index (χ0v) is 9.94. The highest BCUT2D eigenvalue weighted by molar-refractivity contribution is 6.43. The third-order valence-electron chi connectivity index (χ3n) is 1.83. The van der Waals surface area contributed by atoms with Gasteiger partial charge in [0.15, 0.2) is 0 Å². The quantitative estimate of drug-likeness (QED) is 0.534. The van der Waals surface area contributed by atoms with Gasteiger partial charge < -0.3 is 0 Å². The molecule has 0 aliphatic heterocycles. The van der Waals surface area contributed by atoms with Gasteiger partial charge in [-0.2, -0.15) is 0 Å². The second-order valence-corrected chi connectivity index (χ2v) is 8.29. The molecule has 9 heavy (non-hydrogen) atoms. The molecule has 0 aromatic carbocycles. The predicted molar refractivity (Wildman–Crippen MR) is 52.3 cm³/mol. The highest BCUT2D eigenvalue weighted by atomic mass is 28.2. The molecule has 0 nitrogen and oxygen atoms in total. The lowest BCUT2D eigenvalue weighted by Gasteiger charge is -2.05. The first-order chi connectivity index (χ1) is 4.31. The van der Waals surface area contributed by atoms with Crippen LogP contribution < -0.4 is 0 Å². The molecule has 56 valence electrons. The summed E-state index contributed by atoms with van der Waals surface area (Å²) in [7, 11) is 0.749. The fourth-order valence-corrected chi connectivity index (χ4v) is 5.30. The molecule has 0 aromatic heterocycles. The molecule has 0 saturated heterocycles. The number of hydrogen-bond donors (Lipinski definition) is 0. The van der Waals surface area contributed by atoms with Crippen molar-refractivity contribution >= 4 is 19.0 Å². The van der Waals surface area contributed by atoms with E-state index in [1.165, 1.54) is 17.6 Å². The summed E-state index contributed by atoms with van der Waals surface area (Å²) in [6.45, 7) is 7.14. The maximum atomic E-state index is 2.46. The average Bonchev–Trinajstić information content (AvgIpc) is 1.85. The van der Waals surface area contributed by atoms with Gasteiger partial charge in [0.05, 0.1) is 0 Å². The van der Waals surface area contributed by atoms with Crippen molar-refractivity contribution in [3.05, 3.63) is 0 Å². The summed E-state index contributed by atoms with van der Waals surface area (Å²) >= 11 is 0. The fraction of sp³-hybridized carbons (Fsp3) is 1.00. The molecule has 0 radical (unpaired) electrons. The van der Waals surface area contributed by atoms with Gasteiger partial charge in [0.25, 0.3) is 0 Å². The monoisotopic (exact) mass is 160 g/mol. The molecule has 0 heterocycles. The predicted octanol–water partition coefficient (Wildman–Crippen LogP) is 1.43. The lowest BCUT2D eigenvalue weighted by Crippen LogP contribution is -2.00. The topological polar surface area (TPSA) is 0 Å². The van der Waals surface area contributed by atoms with Gasteiger partial charge in [-0.1, -0.05) is 44.4 Å². The van der Waals surface area contributed by atoms with Crippen LogP contribution in [0.15, 0.2) is 0 Å². The van der Waals surface area contributed by atoms with E-state index in [4.69, 9.17) is 0 Å². The highest BCUT2D eigenvalue weighted by Crippen LogP contribution is 2.09. The Morgan fingerprint density at radius 2 is 1.89 bits per heavy atom. The van der Waals surface area contributed by atoms with Gasteiger partial charge in [-0.05, 0) is 0 Å². The maximum Gasteiger partial charge on any atom is 0.0221 e. The van der Waals surface area contributed by atoms with Crippen molar-refractivity contribution in [3.8, 4) is 0 Å². The molecular formula is C7H20Si2. The van der Waals surface area contributed by atoms with E-state index >= 15 is 0 Å². The first-order valence-electron chi connectivity index (χ1n) is 4.31. The van der Waals surface area contributed by atoms with Crippen LogP contribution in [0.3, 0.4) is 0 Å². The standard InChI is InChI=1S/C7H20Si2/c1-4-8-6-7(3)9-5-2/h7H,4-6,8-9H2,1-3H3. The lowest BCUT2D eigenvalue weighted by molar-refractivity contribution is 1.03. The van der Waals surface area contributed by atoms with E-state index < -0.39 is 0 Å². The van der Waals surface area contributed by atoms with Gasteiger partial charge in [-0.3, -0.25) is 0 Å². The van der Waals surface area contributed by atoms with Crippen LogP contribution in [0.2, 0.25) is 23.7 Å². The summed E-state index contributed by atoms with van der Waals surface area (Å²) in [6.07, 6.45) is 0. The van der Waals surface area contributed by atoms with Crippen LogP contribution in [0.25, 0.3) is 0 Å². The van der Waals surface area contributed by atoms with E-state index in [9.17, 15) is 0 Å². The summed E-state index contributed by atoms with van der Waals surface area (Å²) < 4.78 is 0. The molecule has 0 aliphatic carbocycles. The number of hydrogen-bond acceptors (Lipinski definition) is 0. The molecule has 1 unspecified atom stereocenters. The van der Waals surface area contributed by atoms with Crippen LogP contribution in [0.1, 0.15) is 20.8 Å². The maximum absolute atomic E-state index is 2.46. The average molecular weight is 160 g/mol. The molecule has 0 amide bonds. The third kappa shape index (κ3) is 6.32. The second-order valence-electron chi connectivity index (χ2n) is 3.04. The molecule has 0 bridgehead atoms. The Hall–Kier alpha value is 0.434.